The molecule has 3 aromatic rings. The van der Waals surface area contributed by atoms with Crippen molar-refractivity contribution < 1.29 is 14.6 Å². The van der Waals surface area contributed by atoms with Gasteiger partial charge in [-0.05, 0) is 49.6 Å². The van der Waals surface area contributed by atoms with Crippen LogP contribution in [0, 0.1) is 0 Å². The molecule has 1 saturated heterocycles. The number of piperidine rings is 1. The molecule has 2 aliphatic rings. The lowest BCUT2D eigenvalue weighted by atomic mass is 9.97. The Hall–Kier alpha value is -2.77. The summed E-state index contributed by atoms with van der Waals surface area (Å²) in [6.07, 6.45) is 1.14. The largest absolute Gasteiger partial charge is 0.454 e. The lowest BCUT2D eigenvalue weighted by Crippen LogP contribution is -2.44. The maximum atomic E-state index is 12.5. The monoisotopic (exact) mass is 395 g/mol. The molecule has 2 unspecified atom stereocenters. The number of nitrogens with one attached hydrogen (secondary N) is 1. The Morgan fingerprint density at radius 3 is 2.69 bits per heavy atom. The number of rotatable bonds is 4. The summed E-state index contributed by atoms with van der Waals surface area (Å²) in [7, 11) is 0. The van der Waals surface area contributed by atoms with E-state index in [0.717, 1.165) is 48.3 Å². The van der Waals surface area contributed by atoms with E-state index < -0.39 is 6.10 Å². The number of ether oxygens (including phenoxy) is 2. The van der Waals surface area contributed by atoms with Crippen molar-refractivity contribution in [1.29, 1.82) is 0 Å². The van der Waals surface area contributed by atoms with E-state index >= 15 is 0 Å². The Morgan fingerprint density at radius 2 is 1.86 bits per heavy atom. The molecule has 2 aliphatic heterocycles. The van der Waals surface area contributed by atoms with E-state index in [1.165, 1.54) is 0 Å². The molecule has 29 heavy (non-hydrogen) atoms. The molecule has 0 spiro atoms. The van der Waals surface area contributed by atoms with Crippen LogP contribution in [-0.4, -0.2) is 45.5 Å². The third-order valence-corrected chi connectivity index (χ3v) is 6.26. The zero-order valence-electron chi connectivity index (χ0n) is 16.4. The van der Waals surface area contributed by atoms with Crippen LogP contribution >= 0.6 is 0 Å². The van der Waals surface area contributed by atoms with E-state index in [2.05, 4.69) is 9.88 Å². The van der Waals surface area contributed by atoms with Crippen LogP contribution in [0.3, 0.4) is 0 Å². The number of aromatic amines is 1. The number of likely N-dealkylation sites (tertiary alicyclic amines) is 1. The third kappa shape index (κ3) is 3.20. The minimum atomic E-state index is -0.614. The number of aliphatic hydroxyl groups excluding tert-OH is 1. The molecule has 1 fully saturated rings. The van der Waals surface area contributed by atoms with Gasteiger partial charge in [0.05, 0.1) is 17.1 Å². The third-order valence-electron chi connectivity index (χ3n) is 6.26. The molecule has 2 aromatic carbocycles. The number of H-pyrrole nitrogens is 1. The van der Waals surface area contributed by atoms with E-state index in [4.69, 9.17) is 9.47 Å². The van der Waals surface area contributed by atoms with Gasteiger partial charge in [0.2, 0.25) is 6.79 Å². The number of hydrogen-bond donors (Lipinski definition) is 2. The van der Waals surface area contributed by atoms with Crippen molar-refractivity contribution in [3.63, 3.8) is 0 Å². The highest BCUT2D eigenvalue weighted by Gasteiger charge is 2.30. The lowest BCUT2D eigenvalue weighted by molar-refractivity contribution is 0.0385. The zero-order valence-corrected chi connectivity index (χ0v) is 16.4. The number of aliphatic hydroxyl groups is 1. The minimum Gasteiger partial charge on any atom is -0.454 e. The number of aromatic nitrogens is 2. The zero-order chi connectivity index (χ0) is 20.0. The molecule has 0 aliphatic carbocycles. The Labute approximate surface area is 168 Å². The first kappa shape index (κ1) is 18.3. The first-order valence-corrected chi connectivity index (χ1v) is 10.1. The Kier molecular flexibility index (Phi) is 4.56. The molecule has 152 valence electrons. The lowest BCUT2D eigenvalue weighted by Gasteiger charge is -2.38. The average Bonchev–Trinajstić information content (AvgIpc) is 3.35. The van der Waals surface area contributed by atoms with Crippen LogP contribution in [0.15, 0.2) is 47.3 Å². The summed E-state index contributed by atoms with van der Waals surface area (Å²) in [5.41, 5.74) is 2.63. The van der Waals surface area contributed by atoms with Crippen molar-refractivity contribution in [2.45, 2.75) is 38.0 Å². The number of imidazole rings is 1. The average molecular weight is 395 g/mol. The second-order valence-electron chi connectivity index (χ2n) is 7.88. The SMILES string of the molecule is CC(C(O)c1ccc2c(c1)OCO2)N1CCC(n2c(=O)[nH]c3ccccc32)CC1. The molecular formula is C22H25N3O4. The van der Waals surface area contributed by atoms with E-state index in [0.29, 0.717) is 5.75 Å². The smallest absolute Gasteiger partial charge is 0.326 e. The predicted octanol–water partition coefficient (Wildman–Crippen LogP) is 2.82. The highest BCUT2D eigenvalue weighted by Crippen LogP contribution is 2.36. The number of hydrogen-bond acceptors (Lipinski definition) is 5. The molecule has 2 N–H and O–H groups in total. The van der Waals surface area contributed by atoms with Gasteiger partial charge in [0.25, 0.3) is 0 Å². The van der Waals surface area contributed by atoms with Gasteiger partial charge in [0.1, 0.15) is 0 Å². The molecule has 7 nitrogen and oxygen atoms in total. The van der Waals surface area contributed by atoms with Gasteiger partial charge in [-0.1, -0.05) is 18.2 Å². The minimum absolute atomic E-state index is 0.0315. The van der Waals surface area contributed by atoms with Crippen molar-refractivity contribution in [2.24, 2.45) is 0 Å². The van der Waals surface area contributed by atoms with Crippen LogP contribution in [0.25, 0.3) is 11.0 Å². The maximum absolute atomic E-state index is 12.5. The van der Waals surface area contributed by atoms with E-state index in [1.807, 2.05) is 54.0 Å². The molecule has 1 aromatic heterocycles. The van der Waals surface area contributed by atoms with Crippen molar-refractivity contribution >= 4 is 11.0 Å². The summed E-state index contributed by atoms with van der Waals surface area (Å²) in [6.45, 7) is 3.94. The molecule has 0 radical (unpaired) electrons. The molecule has 7 heteroatoms. The van der Waals surface area contributed by atoms with Gasteiger partial charge in [-0.25, -0.2) is 4.79 Å². The van der Waals surface area contributed by atoms with E-state index in [-0.39, 0.29) is 24.6 Å². The van der Waals surface area contributed by atoms with Crippen LogP contribution in [0.4, 0.5) is 0 Å². The Morgan fingerprint density at radius 1 is 1.10 bits per heavy atom. The highest BCUT2D eigenvalue weighted by molar-refractivity contribution is 5.75. The van der Waals surface area contributed by atoms with Crippen LogP contribution in [-0.2, 0) is 0 Å². The van der Waals surface area contributed by atoms with Crippen molar-refractivity contribution in [2.75, 3.05) is 19.9 Å². The highest BCUT2D eigenvalue weighted by atomic mass is 16.7. The molecule has 5 rings (SSSR count). The van der Waals surface area contributed by atoms with Gasteiger partial charge in [-0.15, -0.1) is 0 Å². The van der Waals surface area contributed by atoms with Gasteiger partial charge in [0.15, 0.2) is 11.5 Å². The summed E-state index contributed by atoms with van der Waals surface area (Å²) in [5, 5.41) is 10.9. The van der Waals surface area contributed by atoms with E-state index in [1.54, 1.807) is 0 Å². The van der Waals surface area contributed by atoms with Crippen molar-refractivity contribution in [3.8, 4) is 11.5 Å². The summed E-state index contributed by atoms with van der Waals surface area (Å²) in [5.74, 6) is 1.41. The van der Waals surface area contributed by atoms with Gasteiger partial charge in [0, 0.05) is 25.2 Å². The normalized spacial score (nSPS) is 19.5. The first-order valence-electron chi connectivity index (χ1n) is 10.1. The second-order valence-corrected chi connectivity index (χ2v) is 7.88. The number of nitrogens with zero attached hydrogens (tertiary/aromatic N) is 2. The fourth-order valence-corrected chi connectivity index (χ4v) is 4.56. The van der Waals surface area contributed by atoms with Crippen LogP contribution in [0.2, 0.25) is 0 Å². The van der Waals surface area contributed by atoms with Gasteiger partial charge in [-0.3, -0.25) is 9.47 Å². The fourth-order valence-electron chi connectivity index (χ4n) is 4.56. The molecule has 2 atom stereocenters. The van der Waals surface area contributed by atoms with Crippen LogP contribution < -0.4 is 15.2 Å². The summed E-state index contributed by atoms with van der Waals surface area (Å²) in [4.78, 5) is 17.7. The molecule has 0 bridgehead atoms. The maximum Gasteiger partial charge on any atom is 0.326 e. The Bertz CT molecular complexity index is 1080. The van der Waals surface area contributed by atoms with Crippen molar-refractivity contribution in [1.82, 2.24) is 14.5 Å². The molecule has 3 heterocycles. The van der Waals surface area contributed by atoms with Gasteiger partial charge >= 0.3 is 5.69 Å². The standard InChI is InChI=1S/C22H25N3O4/c1-14(21(26)15-6-7-19-20(12-15)29-13-28-19)24-10-8-16(9-11-24)25-18-5-3-2-4-17(18)23-22(25)27/h2-7,12,14,16,21,26H,8-11,13H2,1H3,(H,23,27). The van der Waals surface area contributed by atoms with Crippen LogP contribution in [0.5, 0.6) is 11.5 Å². The molecule has 0 amide bonds. The summed E-state index contributed by atoms with van der Waals surface area (Å²) in [6, 6.07) is 13.6. The Balaban J connectivity index is 1.28. The van der Waals surface area contributed by atoms with Crippen molar-refractivity contribution in [3.05, 3.63) is 58.5 Å². The predicted molar refractivity (Wildman–Crippen MR) is 109 cm³/mol. The van der Waals surface area contributed by atoms with E-state index in [9.17, 15) is 9.90 Å². The summed E-state index contributed by atoms with van der Waals surface area (Å²) < 4.78 is 12.7. The topological polar surface area (TPSA) is 79.7 Å². The fraction of sp³-hybridized carbons (Fsp3) is 0.409. The summed E-state index contributed by atoms with van der Waals surface area (Å²) >= 11 is 0. The second kappa shape index (κ2) is 7.24. The molecular weight excluding hydrogens is 370 g/mol. The first-order chi connectivity index (χ1) is 14.1. The number of para-hydroxylation sites is 2. The van der Waals surface area contributed by atoms with Gasteiger partial charge < -0.3 is 19.6 Å². The van der Waals surface area contributed by atoms with Crippen LogP contribution in [0.1, 0.15) is 37.5 Å². The number of fused-ring (bicyclic) bond motifs is 2. The van der Waals surface area contributed by atoms with Gasteiger partial charge in [-0.2, -0.15) is 0 Å². The quantitative estimate of drug-likeness (QED) is 0.710. The molecule has 0 saturated carbocycles. The number of benzene rings is 2.